The molecule has 0 aliphatic carbocycles. The summed E-state index contributed by atoms with van der Waals surface area (Å²) >= 11 is 1.47. The SMILES string of the molecule is CC1OCc2sc(Nc3cccc(F)n3)nc2-c2cn[nH]c21. The highest BCUT2D eigenvalue weighted by molar-refractivity contribution is 7.16. The normalized spacial score (nSPS) is 16.7. The van der Waals surface area contributed by atoms with Gasteiger partial charge in [-0.25, -0.2) is 9.97 Å². The lowest BCUT2D eigenvalue weighted by atomic mass is 10.1. The number of rotatable bonds is 2. The maximum Gasteiger partial charge on any atom is 0.214 e. The van der Waals surface area contributed by atoms with Gasteiger partial charge in [0.25, 0.3) is 0 Å². The molecular weight excluding hydrogens is 305 g/mol. The summed E-state index contributed by atoms with van der Waals surface area (Å²) in [6.07, 6.45) is 1.70. The first kappa shape index (κ1) is 13.4. The van der Waals surface area contributed by atoms with E-state index in [4.69, 9.17) is 4.74 Å². The van der Waals surface area contributed by atoms with Crippen LogP contribution in [0.15, 0.2) is 24.4 Å². The number of hydrogen-bond acceptors (Lipinski definition) is 6. The van der Waals surface area contributed by atoms with Crippen LogP contribution in [-0.2, 0) is 11.3 Å². The number of nitrogens with one attached hydrogen (secondary N) is 2. The largest absolute Gasteiger partial charge is 0.367 e. The van der Waals surface area contributed by atoms with E-state index in [1.165, 1.54) is 17.4 Å². The number of halogens is 1. The second kappa shape index (κ2) is 5.15. The lowest BCUT2D eigenvalue weighted by Gasteiger charge is -2.08. The smallest absolute Gasteiger partial charge is 0.214 e. The molecule has 1 aliphatic rings. The number of anilines is 2. The number of H-pyrrole nitrogens is 1. The van der Waals surface area contributed by atoms with Crippen molar-refractivity contribution in [3.63, 3.8) is 0 Å². The van der Waals surface area contributed by atoms with Gasteiger partial charge in [0.2, 0.25) is 5.95 Å². The van der Waals surface area contributed by atoms with E-state index in [-0.39, 0.29) is 6.10 Å². The van der Waals surface area contributed by atoms with Crippen molar-refractivity contribution in [2.75, 3.05) is 5.32 Å². The van der Waals surface area contributed by atoms with Crippen LogP contribution in [0.1, 0.15) is 23.6 Å². The van der Waals surface area contributed by atoms with Crippen molar-refractivity contribution in [1.29, 1.82) is 0 Å². The molecule has 22 heavy (non-hydrogen) atoms. The molecule has 0 bridgehead atoms. The molecule has 0 radical (unpaired) electrons. The minimum absolute atomic E-state index is 0.0554. The van der Waals surface area contributed by atoms with E-state index in [1.54, 1.807) is 18.3 Å². The molecule has 0 amide bonds. The van der Waals surface area contributed by atoms with Crippen molar-refractivity contribution in [2.24, 2.45) is 0 Å². The third kappa shape index (κ3) is 2.26. The van der Waals surface area contributed by atoms with Gasteiger partial charge in [0.05, 0.1) is 35.2 Å². The Balaban J connectivity index is 1.71. The van der Waals surface area contributed by atoms with E-state index >= 15 is 0 Å². The molecule has 6 nitrogen and oxygen atoms in total. The molecule has 3 aromatic heterocycles. The van der Waals surface area contributed by atoms with Crippen molar-refractivity contribution in [3.05, 3.63) is 40.9 Å². The zero-order chi connectivity index (χ0) is 15.1. The van der Waals surface area contributed by atoms with Gasteiger partial charge in [-0.15, -0.1) is 0 Å². The summed E-state index contributed by atoms with van der Waals surface area (Å²) < 4.78 is 18.9. The third-order valence-corrected chi connectivity index (χ3v) is 4.39. The fourth-order valence-corrected chi connectivity index (χ4v) is 3.28. The number of fused-ring (bicyclic) bond motifs is 3. The maximum atomic E-state index is 13.1. The molecule has 0 saturated heterocycles. The van der Waals surface area contributed by atoms with Crippen molar-refractivity contribution in [2.45, 2.75) is 19.6 Å². The van der Waals surface area contributed by atoms with Gasteiger partial charge in [0, 0.05) is 5.56 Å². The number of nitrogens with zero attached hydrogens (tertiary/aromatic N) is 3. The molecule has 112 valence electrons. The van der Waals surface area contributed by atoms with Crippen LogP contribution in [0, 0.1) is 5.95 Å². The van der Waals surface area contributed by atoms with Gasteiger partial charge in [0.1, 0.15) is 5.82 Å². The Kier molecular flexibility index (Phi) is 3.12. The molecule has 4 heterocycles. The molecule has 0 aromatic carbocycles. The Bertz CT molecular complexity index is 830. The van der Waals surface area contributed by atoms with Crippen LogP contribution < -0.4 is 5.32 Å². The minimum Gasteiger partial charge on any atom is -0.367 e. The molecule has 0 spiro atoms. The monoisotopic (exact) mass is 317 g/mol. The summed E-state index contributed by atoms with van der Waals surface area (Å²) in [7, 11) is 0. The van der Waals surface area contributed by atoms with Crippen LogP contribution >= 0.6 is 11.3 Å². The molecule has 8 heteroatoms. The Labute approximate surface area is 129 Å². The molecule has 2 N–H and O–H groups in total. The van der Waals surface area contributed by atoms with Gasteiger partial charge in [-0.1, -0.05) is 17.4 Å². The maximum absolute atomic E-state index is 13.1. The lowest BCUT2D eigenvalue weighted by molar-refractivity contribution is 0.0537. The van der Waals surface area contributed by atoms with Crippen LogP contribution in [-0.4, -0.2) is 20.2 Å². The van der Waals surface area contributed by atoms with E-state index in [2.05, 4.69) is 25.5 Å². The van der Waals surface area contributed by atoms with Gasteiger partial charge in [-0.3, -0.25) is 5.10 Å². The van der Waals surface area contributed by atoms with E-state index in [1.807, 2.05) is 6.92 Å². The minimum atomic E-state index is -0.530. The van der Waals surface area contributed by atoms with Gasteiger partial charge < -0.3 is 10.1 Å². The van der Waals surface area contributed by atoms with E-state index in [0.717, 1.165) is 21.8 Å². The number of ether oxygens (including phenoxy) is 1. The van der Waals surface area contributed by atoms with Crippen molar-refractivity contribution >= 4 is 22.3 Å². The predicted octanol–water partition coefficient (Wildman–Crippen LogP) is 3.40. The van der Waals surface area contributed by atoms with Crippen LogP contribution in [0.2, 0.25) is 0 Å². The summed E-state index contributed by atoms with van der Waals surface area (Å²) in [5, 5.41) is 10.7. The molecule has 1 unspecified atom stereocenters. The highest BCUT2D eigenvalue weighted by Crippen LogP contribution is 2.39. The Hall–Kier alpha value is -2.32. The summed E-state index contributed by atoms with van der Waals surface area (Å²) in [5.41, 5.74) is 2.70. The number of aromatic nitrogens is 4. The summed E-state index contributed by atoms with van der Waals surface area (Å²) in [5.74, 6) is -0.108. The number of thiazole rings is 1. The fraction of sp³-hybridized carbons (Fsp3) is 0.214. The van der Waals surface area contributed by atoms with Gasteiger partial charge in [-0.05, 0) is 19.1 Å². The Morgan fingerprint density at radius 2 is 2.32 bits per heavy atom. The average Bonchev–Trinajstić information content (AvgIpc) is 3.09. The van der Waals surface area contributed by atoms with E-state index < -0.39 is 5.95 Å². The van der Waals surface area contributed by atoms with Gasteiger partial charge in [-0.2, -0.15) is 9.49 Å². The number of aromatic amines is 1. The van der Waals surface area contributed by atoms with Crippen LogP contribution in [0.5, 0.6) is 0 Å². The van der Waals surface area contributed by atoms with Crippen LogP contribution in [0.4, 0.5) is 15.3 Å². The zero-order valence-electron chi connectivity index (χ0n) is 11.6. The average molecular weight is 317 g/mol. The molecule has 4 rings (SSSR count). The molecular formula is C14H12FN5OS. The molecule has 0 saturated carbocycles. The standard InChI is InChI=1S/C14H12FN5OS/c1-7-12-8(5-16-20-12)13-9(6-21-7)22-14(19-13)18-11-4-2-3-10(15)17-11/h2-5,7H,6H2,1H3,(H,16,20)(H,17,18,19). The number of hydrogen-bond donors (Lipinski definition) is 2. The lowest BCUT2D eigenvalue weighted by Crippen LogP contribution is -1.98. The quantitative estimate of drug-likeness (QED) is 0.708. The first-order valence-corrected chi connectivity index (χ1v) is 7.57. The van der Waals surface area contributed by atoms with Gasteiger partial charge in [0.15, 0.2) is 5.13 Å². The summed E-state index contributed by atoms with van der Waals surface area (Å²) in [6.45, 7) is 2.46. The first-order valence-electron chi connectivity index (χ1n) is 6.75. The zero-order valence-corrected chi connectivity index (χ0v) is 12.4. The molecule has 1 atom stereocenters. The highest BCUT2D eigenvalue weighted by Gasteiger charge is 2.25. The van der Waals surface area contributed by atoms with E-state index in [0.29, 0.717) is 17.6 Å². The molecule has 3 aromatic rings. The number of pyridine rings is 1. The molecule has 1 aliphatic heterocycles. The van der Waals surface area contributed by atoms with E-state index in [9.17, 15) is 4.39 Å². The third-order valence-electron chi connectivity index (χ3n) is 3.44. The summed E-state index contributed by atoms with van der Waals surface area (Å²) in [4.78, 5) is 9.37. The highest BCUT2D eigenvalue weighted by atomic mass is 32.1. The Morgan fingerprint density at radius 1 is 1.41 bits per heavy atom. The second-order valence-electron chi connectivity index (χ2n) is 4.91. The molecule has 0 fully saturated rings. The van der Waals surface area contributed by atoms with Crippen molar-refractivity contribution < 1.29 is 9.13 Å². The van der Waals surface area contributed by atoms with Crippen molar-refractivity contribution in [1.82, 2.24) is 20.2 Å². The van der Waals surface area contributed by atoms with Gasteiger partial charge >= 0.3 is 0 Å². The Morgan fingerprint density at radius 3 is 3.18 bits per heavy atom. The van der Waals surface area contributed by atoms with Crippen LogP contribution in [0.3, 0.4) is 0 Å². The predicted molar refractivity (Wildman–Crippen MR) is 80.4 cm³/mol. The second-order valence-corrected chi connectivity index (χ2v) is 6.00. The fourth-order valence-electron chi connectivity index (χ4n) is 2.38. The van der Waals surface area contributed by atoms with Crippen LogP contribution in [0.25, 0.3) is 11.3 Å². The van der Waals surface area contributed by atoms with Crippen molar-refractivity contribution in [3.8, 4) is 11.3 Å². The topological polar surface area (TPSA) is 75.7 Å². The summed E-state index contributed by atoms with van der Waals surface area (Å²) in [6, 6.07) is 4.59. The first-order chi connectivity index (χ1) is 10.7.